The van der Waals surface area contributed by atoms with E-state index in [1.165, 1.54) is 24.6 Å². The van der Waals surface area contributed by atoms with Crippen LogP contribution in [0.5, 0.6) is 0 Å². The maximum Gasteiger partial charge on any atom is 0.123 e. The third kappa shape index (κ3) is 3.37. The van der Waals surface area contributed by atoms with E-state index >= 15 is 0 Å². The minimum absolute atomic E-state index is 0.174. The first-order valence-corrected chi connectivity index (χ1v) is 8.72. The van der Waals surface area contributed by atoms with E-state index in [4.69, 9.17) is 4.74 Å². The van der Waals surface area contributed by atoms with Gasteiger partial charge in [0.1, 0.15) is 5.82 Å². The van der Waals surface area contributed by atoms with Crippen molar-refractivity contribution in [2.45, 2.75) is 38.4 Å². The molecule has 5 heteroatoms. The zero-order valence-corrected chi connectivity index (χ0v) is 14.1. The zero-order chi connectivity index (χ0) is 16.5. The van der Waals surface area contributed by atoms with Crippen molar-refractivity contribution in [3.8, 4) is 0 Å². The van der Waals surface area contributed by atoms with Crippen LogP contribution < -0.4 is 0 Å². The highest BCUT2D eigenvalue weighted by molar-refractivity contribution is 5.24. The van der Waals surface area contributed by atoms with Crippen molar-refractivity contribution in [1.29, 1.82) is 0 Å². The van der Waals surface area contributed by atoms with Crippen LogP contribution in [0, 0.1) is 11.7 Å². The van der Waals surface area contributed by atoms with Crippen molar-refractivity contribution in [2.75, 3.05) is 20.3 Å². The highest BCUT2D eigenvalue weighted by Crippen LogP contribution is 2.34. The second-order valence-electron chi connectivity index (χ2n) is 7.12. The van der Waals surface area contributed by atoms with Crippen LogP contribution in [0.3, 0.4) is 0 Å². The third-order valence-corrected chi connectivity index (χ3v) is 5.01. The van der Waals surface area contributed by atoms with Gasteiger partial charge in [0, 0.05) is 44.9 Å². The van der Waals surface area contributed by atoms with Gasteiger partial charge in [0.2, 0.25) is 0 Å². The molecule has 1 unspecified atom stereocenters. The molecule has 128 valence electrons. The summed E-state index contributed by atoms with van der Waals surface area (Å²) in [5, 5.41) is 0. The molecule has 1 saturated carbocycles. The van der Waals surface area contributed by atoms with Crippen molar-refractivity contribution in [3.05, 3.63) is 53.4 Å². The van der Waals surface area contributed by atoms with Gasteiger partial charge in [0.15, 0.2) is 0 Å². The van der Waals surface area contributed by atoms with Crippen LogP contribution in [0.1, 0.15) is 35.7 Å². The first-order valence-electron chi connectivity index (χ1n) is 8.72. The van der Waals surface area contributed by atoms with Gasteiger partial charge in [-0.2, -0.15) is 0 Å². The Bertz CT molecular complexity index is 710. The van der Waals surface area contributed by atoms with Gasteiger partial charge in [-0.05, 0) is 36.5 Å². The van der Waals surface area contributed by atoms with E-state index in [0.29, 0.717) is 12.5 Å². The first-order chi connectivity index (χ1) is 11.7. The number of rotatable bonds is 6. The van der Waals surface area contributed by atoms with Gasteiger partial charge in [-0.3, -0.25) is 4.90 Å². The molecular weight excluding hydrogens is 305 g/mol. The number of hydrogen-bond donors (Lipinski definition) is 0. The van der Waals surface area contributed by atoms with Gasteiger partial charge in [-0.15, -0.1) is 0 Å². The van der Waals surface area contributed by atoms with Crippen LogP contribution in [-0.2, 0) is 24.4 Å². The van der Waals surface area contributed by atoms with E-state index in [-0.39, 0.29) is 5.82 Å². The predicted molar refractivity (Wildman–Crippen MR) is 90.1 cm³/mol. The second kappa shape index (κ2) is 6.65. The minimum atomic E-state index is -0.174. The smallest absolute Gasteiger partial charge is 0.123 e. The summed E-state index contributed by atoms with van der Waals surface area (Å²) < 4.78 is 21.3. The number of benzene rings is 1. The molecule has 0 bridgehead atoms. The number of nitrogens with zero attached hydrogens (tertiary/aromatic N) is 3. The highest BCUT2D eigenvalue weighted by atomic mass is 19.1. The van der Waals surface area contributed by atoms with E-state index in [1.807, 2.05) is 12.4 Å². The maximum atomic E-state index is 13.4. The lowest BCUT2D eigenvalue weighted by molar-refractivity contribution is 0.131. The predicted octanol–water partition coefficient (Wildman–Crippen LogP) is 3.18. The molecule has 24 heavy (non-hydrogen) atoms. The van der Waals surface area contributed by atoms with Crippen molar-refractivity contribution in [2.24, 2.45) is 5.92 Å². The van der Waals surface area contributed by atoms with E-state index < -0.39 is 0 Å². The summed E-state index contributed by atoms with van der Waals surface area (Å²) in [6, 6.07) is 6.87. The summed E-state index contributed by atoms with van der Waals surface area (Å²) in [6.07, 6.45) is 4.68. The number of imidazole rings is 1. The fourth-order valence-corrected chi connectivity index (χ4v) is 3.77. The van der Waals surface area contributed by atoms with Gasteiger partial charge in [-0.25, -0.2) is 9.37 Å². The molecule has 0 saturated heterocycles. The van der Waals surface area contributed by atoms with Gasteiger partial charge >= 0.3 is 0 Å². The summed E-state index contributed by atoms with van der Waals surface area (Å²) in [6.45, 7) is 4.28. The number of fused-ring (bicyclic) bond motifs is 1. The Hall–Kier alpha value is -1.72. The number of halogens is 1. The lowest BCUT2D eigenvalue weighted by Crippen LogP contribution is -2.36. The van der Waals surface area contributed by atoms with Crippen LogP contribution in [0.4, 0.5) is 4.39 Å². The second-order valence-corrected chi connectivity index (χ2v) is 7.12. The molecule has 1 aliphatic heterocycles. The van der Waals surface area contributed by atoms with Crippen LogP contribution in [0.25, 0.3) is 0 Å². The highest BCUT2D eigenvalue weighted by Gasteiger charge is 2.31. The Morgan fingerprint density at radius 2 is 2.21 bits per heavy atom. The Morgan fingerprint density at radius 3 is 2.96 bits per heavy atom. The van der Waals surface area contributed by atoms with E-state index in [9.17, 15) is 4.39 Å². The van der Waals surface area contributed by atoms with Gasteiger partial charge < -0.3 is 9.30 Å². The molecule has 0 amide bonds. The fourth-order valence-electron chi connectivity index (χ4n) is 3.77. The first kappa shape index (κ1) is 15.8. The topological polar surface area (TPSA) is 30.3 Å². The molecule has 2 heterocycles. The summed E-state index contributed by atoms with van der Waals surface area (Å²) in [5.74, 6) is 0.984. The lowest BCUT2D eigenvalue weighted by Gasteiger charge is -2.33. The summed E-state index contributed by atoms with van der Waals surface area (Å²) in [4.78, 5) is 7.01. The fraction of sp³-hybridized carbons (Fsp3) is 0.526. The van der Waals surface area contributed by atoms with Crippen LogP contribution >= 0.6 is 0 Å². The van der Waals surface area contributed by atoms with Crippen molar-refractivity contribution in [1.82, 2.24) is 14.5 Å². The van der Waals surface area contributed by atoms with Crippen molar-refractivity contribution >= 4 is 0 Å². The lowest BCUT2D eigenvalue weighted by atomic mass is 9.98. The number of ether oxygens (including phenoxy) is 1. The molecular formula is C19H24FN3O. The molecule has 0 radical (unpaired) electrons. The van der Waals surface area contributed by atoms with Crippen molar-refractivity contribution in [3.63, 3.8) is 0 Å². The Labute approximate surface area is 142 Å². The molecule has 1 aromatic heterocycles. The molecule has 0 N–H and O–H groups in total. The van der Waals surface area contributed by atoms with E-state index in [1.54, 1.807) is 19.2 Å². The molecule has 4 nitrogen and oxygen atoms in total. The molecule has 0 spiro atoms. The van der Waals surface area contributed by atoms with Gasteiger partial charge in [0.05, 0.1) is 18.6 Å². The minimum Gasteiger partial charge on any atom is -0.384 e. The quantitative estimate of drug-likeness (QED) is 0.815. The molecule has 1 aliphatic carbocycles. The molecule has 2 aromatic rings. The molecule has 1 atom stereocenters. The van der Waals surface area contributed by atoms with E-state index in [2.05, 4.69) is 14.5 Å². The Morgan fingerprint density at radius 1 is 1.33 bits per heavy atom. The summed E-state index contributed by atoms with van der Waals surface area (Å²) in [5.41, 5.74) is 3.51. The summed E-state index contributed by atoms with van der Waals surface area (Å²) >= 11 is 0. The zero-order valence-electron chi connectivity index (χ0n) is 14.1. The number of hydrogen-bond acceptors (Lipinski definition) is 3. The van der Waals surface area contributed by atoms with Crippen LogP contribution in [0.15, 0.2) is 30.6 Å². The van der Waals surface area contributed by atoms with E-state index in [0.717, 1.165) is 43.4 Å². The number of methoxy groups -OCH3 is 1. The van der Waals surface area contributed by atoms with Crippen LogP contribution in [-0.4, -0.2) is 34.7 Å². The van der Waals surface area contributed by atoms with Crippen LogP contribution in [0.2, 0.25) is 0 Å². The largest absolute Gasteiger partial charge is 0.384 e. The average molecular weight is 329 g/mol. The standard InChI is InChI=1S/C19H24FN3O/c1-24-12-16-10-22(8-15-3-2-4-17(20)7-15)11-18-19(16)23(13-21-18)9-14-5-6-14/h2-4,7,13-14,16H,5-6,8-12H2,1H3. The molecule has 2 aliphatic rings. The van der Waals surface area contributed by atoms with Gasteiger partial charge in [0.25, 0.3) is 0 Å². The molecule has 4 rings (SSSR count). The average Bonchev–Trinajstić information content (AvgIpc) is 3.27. The molecule has 1 aromatic carbocycles. The maximum absolute atomic E-state index is 13.4. The Kier molecular flexibility index (Phi) is 4.37. The monoisotopic (exact) mass is 329 g/mol. The van der Waals surface area contributed by atoms with Crippen molar-refractivity contribution < 1.29 is 9.13 Å². The number of aromatic nitrogens is 2. The SMILES string of the molecule is COCC1CN(Cc2cccc(F)c2)Cc2ncn(CC3CC3)c21. The van der Waals surface area contributed by atoms with Gasteiger partial charge in [-0.1, -0.05) is 12.1 Å². The normalized spacial score (nSPS) is 21.0. The Balaban J connectivity index is 1.54. The molecule has 1 fully saturated rings. The summed E-state index contributed by atoms with van der Waals surface area (Å²) in [7, 11) is 1.76. The third-order valence-electron chi connectivity index (χ3n) is 5.01.